The van der Waals surface area contributed by atoms with Crippen LogP contribution in [-0.2, 0) is 4.74 Å². The lowest BCUT2D eigenvalue weighted by Gasteiger charge is -2.40. The highest BCUT2D eigenvalue weighted by Gasteiger charge is 2.37. The number of ether oxygens (including phenoxy) is 1. The van der Waals surface area contributed by atoms with Gasteiger partial charge in [-0.15, -0.1) is 11.3 Å². The number of fused-ring (bicyclic) bond motifs is 1. The number of aryl methyl sites for hydroxylation is 1. The molecule has 1 saturated carbocycles. The molecule has 2 aromatic rings. The molecular weight excluding hydrogens is 286 g/mol. The molecule has 0 radical (unpaired) electrons. The summed E-state index contributed by atoms with van der Waals surface area (Å²) in [6.07, 6.45) is 4.88. The smallest absolute Gasteiger partial charge is 0.263 e. The average molecular weight is 305 g/mol. The second-order valence-corrected chi connectivity index (χ2v) is 6.58. The van der Waals surface area contributed by atoms with E-state index in [-0.39, 0.29) is 11.5 Å². The zero-order valence-electron chi connectivity index (χ0n) is 12.2. The largest absolute Gasteiger partial charge is 0.397 e. The number of aromatic nitrogens is 1. The maximum absolute atomic E-state index is 12.4. The molecule has 0 atom stereocenters. The van der Waals surface area contributed by atoms with Crippen molar-refractivity contribution >= 4 is 33.1 Å². The summed E-state index contributed by atoms with van der Waals surface area (Å²) in [5, 5.41) is 3.84. The van der Waals surface area contributed by atoms with Crippen LogP contribution in [0.1, 0.15) is 34.5 Å². The molecule has 112 valence electrons. The van der Waals surface area contributed by atoms with Crippen LogP contribution in [0.15, 0.2) is 12.3 Å². The maximum Gasteiger partial charge on any atom is 0.263 e. The van der Waals surface area contributed by atoms with E-state index in [1.807, 2.05) is 13.0 Å². The molecule has 21 heavy (non-hydrogen) atoms. The van der Waals surface area contributed by atoms with E-state index < -0.39 is 0 Å². The van der Waals surface area contributed by atoms with Gasteiger partial charge in [-0.2, -0.15) is 0 Å². The van der Waals surface area contributed by atoms with E-state index in [9.17, 15) is 4.79 Å². The van der Waals surface area contributed by atoms with Gasteiger partial charge in [-0.3, -0.25) is 4.79 Å². The number of methoxy groups -OCH3 is 1. The second kappa shape index (κ2) is 5.27. The maximum atomic E-state index is 12.4. The van der Waals surface area contributed by atoms with Crippen molar-refractivity contribution in [1.29, 1.82) is 0 Å². The molecule has 1 aliphatic carbocycles. The lowest BCUT2D eigenvalue weighted by atomic mass is 9.80. The topological polar surface area (TPSA) is 77.2 Å². The van der Waals surface area contributed by atoms with E-state index in [1.165, 1.54) is 11.3 Å². The van der Waals surface area contributed by atoms with Gasteiger partial charge in [-0.1, -0.05) is 0 Å². The SMILES string of the molecule is COC1(CNC(=O)c2sc3nccc(C)c3c2N)CCC1. The fourth-order valence-electron chi connectivity index (χ4n) is 2.72. The molecule has 1 fully saturated rings. The van der Waals surface area contributed by atoms with Crippen LogP contribution in [0.3, 0.4) is 0 Å². The van der Waals surface area contributed by atoms with Gasteiger partial charge >= 0.3 is 0 Å². The molecule has 0 spiro atoms. The van der Waals surface area contributed by atoms with Crippen molar-refractivity contribution in [3.05, 3.63) is 22.7 Å². The van der Waals surface area contributed by atoms with Gasteiger partial charge in [-0.25, -0.2) is 4.98 Å². The number of carbonyl (C=O) groups is 1. The van der Waals surface area contributed by atoms with Crippen molar-refractivity contribution in [3.63, 3.8) is 0 Å². The normalized spacial score (nSPS) is 16.7. The van der Waals surface area contributed by atoms with Crippen molar-refractivity contribution in [1.82, 2.24) is 10.3 Å². The van der Waals surface area contributed by atoms with Crippen LogP contribution >= 0.6 is 11.3 Å². The number of nitrogens with two attached hydrogens (primary N) is 1. The molecule has 0 aromatic carbocycles. The average Bonchev–Trinajstić information content (AvgIpc) is 2.76. The Kier molecular flexibility index (Phi) is 3.59. The van der Waals surface area contributed by atoms with Crippen LogP contribution in [0.4, 0.5) is 5.69 Å². The van der Waals surface area contributed by atoms with Crippen LogP contribution in [0, 0.1) is 6.92 Å². The Morgan fingerprint density at radius 3 is 2.90 bits per heavy atom. The number of nitrogens with one attached hydrogen (secondary N) is 1. The van der Waals surface area contributed by atoms with Gasteiger partial charge in [-0.05, 0) is 37.8 Å². The summed E-state index contributed by atoms with van der Waals surface area (Å²) in [7, 11) is 1.70. The Labute approximate surface area is 127 Å². The number of thiophene rings is 1. The van der Waals surface area contributed by atoms with Gasteiger partial charge in [0.15, 0.2) is 0 Å². The van der Waals surface area contributed by atoms with E-state index in [2.05, 4.69) is 10.3 Å². The fraction of sp³-hybridized carbons (Fsp3) is 0.467. The molecule has 2 heterocycles. The first-order chi connectivity index (χ1) is 10.1. The summed E-state index contributed by atoms with van der Waals surface area (Å²) in [5.41, 5.74) is 7.52. The van der Waals surface area contributed by atoms with Gasteiger partial charge in [0, 0.05) is 25.2 Å². The first-order valence-corrected chi connectivity index (χ1v) is 7.85. The standard InChI is InChI=1S/C15H19N3O2S/c1-9-4-7-17-14-10(9)11(16)12(21-14)13(19)18-8-15(20-2)5-3-6-15/h4,7H,3,5-6,8,16H2,1-2H3,(H,18,19). The number of nitrogens with zero attached hydrogens (tertiary/aromatic N) is 1. The molecule has 0 bridgehead atoms. The molecule has 1 amide bonds. The molecule has 2 aromatic heterocycles. The van der Waals surface area contributed by atoms with Crippen LogP contribution in [-0.4, -0.2) is 30.1 Å². The predicted molar refractivity (Wildman–Crippen MR) is 84.7 cm³/mol. The molecular formula is C15H19N3O2S. The summed E-state index contributed by atoms with van der Waals surface area (Å²) in [5.74, 6) is -0.141. The highest BCUT2D eigenvalue weighted by atomic mass is 32.1. The Balaban J connectivity index is 1.82. The highest BCUT2D eigenvalue weighted by Crippen LogP contribution is 2.36. The summed E-state index contributed by atoms with van der Waals surface area (Å²) in [6, 6.07) is 1.90. The fourth-order valence-corrected chi connectivity index (χ4v) is 3.77. The predicted octanol–water partition coefficient (Wildman–Crippen LogP) is 2.49. The third kappa shape index (κ3) is 2.38. The molecule has 3 N–H and O–H groups in total. The summed E-state index contributed by atoms with van der Waals surface area (Å²) < 4.78 is 5.51. The number of amides is 1. The van der Waals surface area contributed by atoms with Gasteiger partial charge in [0.1, 0.15) is 9.71 Å². The third-order valence-corrected chi connectivity index (χ3v) is 5.42. The number of pyridine rings is 1. The summed E-state index contributed by atoms with van der Waals surface area (Å²) in [4.78, 5) is 18.0. The van der Waals surface area contributed by atoms with E-state index in [0.29, 0.717) is 17.1 Å². The first kappa shape index (κ1) is 14.3. The van der Waals surface area contributed by atoms with Crippen LogP contribution in [0.5, 0.6) is 0 Å². The zero-order chi connectivity index (χ0) is 15.0. The third-order valence-electron chi connectivity index (χ3n) is 4.31. The number of hydrogen-bond acceptors (Lipinski definition) is 5. The molecule has 6 heteroatoms. The number of hydrogen-bond donors (Lipinski definition) is 2. The van der Waals surface area contributed by atoms with Crippen LogP contribution in [0.2, 0.25) is 0 Å². The monoisotopic (exact) mass is 305 g/mol. The Bertz CT molecular complexity index is 686. The number of rotatable bonds is 4. The van der Waals surface area contributed by atoms with Gasteiger partial charge in [0.25, 0.3) is 5.91 Å². The Morgan fingerprint density at radius 1 is 1.57 bits per heavy atom. The molecule has 0 unspecified atom stereocenters. The minimum Gasteiger partial charge on any atom is -0.397 e. The van der Waals surface area contributed by atoms with Crippen molar-refractivity contribution in [2.24, 2.45) is 0 Å². The molecule has 1 aliphatic rings. The Hall–Kier alpha value is -1.66. The number of nitrogen functional groups attached to an aromatic ring is 1. The van der Waals surface area contributed by atoms with Crippen molar-refractivity contribution < 1.29 is 9.53 Å². The first-order valence-electron chi connectivity index (χ1n) is 7.03. The molecule has 0 aliphatic heterocycles. The second-order valence-electron chi connectivity index (χ2n) is 5.58. The number of anilines is 1. The van der Waals surface area contributed by atoms with Gasteiger partial charge < -0.3 is 15.8 Å². The molecule has 0 saturated heterocycles. The van der Waals surface area contributed by atoms with Gasteiger partial charge in [0.2, 0.25) is 0 Å². The van der Waals surface area contributed by atoms with E-state index in [4.69, 9.17) is 10.5 Å². The lowest BCUT2D eigenvalue weighted by Crippen LogP contribution is -2.49. The van der Waals surface area contributed by atoms with Crippen molar-refractivity contribution in [3.8, 4) is 0 Å². The van der Waals surface area contributed by atoms with Crippen LogP contribution < -0.4 is 11.1 Å². The quantitative estimate of drug-likeness (QED) is 0.910. The minimum atomic E-state index is -0.185. The van der Waals surface area contributed by atoms with E-state index >= 15 is 0 Å². The highest BCUT2D eigenvalue weighted by molar-refractivity contribution is 7.21. The van der Waals surface area contributed by atoms with Crippen molar-refractivity contribution in [2.75, 3.05) is 19.4 Å². The van der Waals surface area contributed by atoms with E-state index in [0.717, 1.165) is 35.0 Å². The molecule has 5 nitrogen and oxygen atoms in total. The minimum absolute atomic E-state index is 0.141. The summed E-state index contributed by atoms with van der Waals surface area (Å²) >= 11 is 1.34. The van der Waals surface area contributed by atoms with Gasteiger partial charge in [0.05, 0.1) is 11.3 Å². The van der Waals surface area contributed by atoms with E-state index in [1.54, 1.807) is 13.3 Å². The van der Waals surface area contributed by atoms with Crippen LogP contribution in [0.25, 0.3) is 10.2 Å². The lowest BCUT2D eigenvalue weighted by molar-refractivity contribution is -0.0679. The Morgan fingerprint density at radius 2 is 2.33 bits per heavy atom. The zero-order valence-corrected chi connectivity index (χ0v) is 13.0. The molecule has 3 rings (SSSR count). The number of carbonyl (C=O) groups excluding carboxylic acids is 1. The van der Waals surface area contributed by atoms with Crippen molar-refractivity contribution in [2.45, 2.75) is 31.8 Å². The summed E-state index contributed by atoms with van der Waals surface area (Å²) in [6.45, 7) is 2.51.